The topological polar surface area (TPSA) is 45.2 Å². The lowest BCUT2D eigenvalue weighted by molar-refractivity contribution is 0.177. The van der Waals surface area contributed by atoms with E-state index in [0.29, 0.717) is 5.92 Å². The second-order valence-electron chi connectivity index (χ2n) is 10.3. The van der Waals surface area contributed by atoms with E-state index in [1.807, 2.05) is 18.5 Å². The molecule has 1 aromatic heterocycles. The Bertz CT molecular complexity index is 1210. The van der Waals surface area contributed by atoms with E-state index in [9.17, 15) is 5.11 Å². The fourth-order valence-corrected chi connectivity index (χ4v) is 6.80. The van der Waals surface area contributed by atoms with Gasteiger partial charge in [0.2, 0.25) is 0 Å². The maximum atomic E-state index is 10.5. The number of anilines is 2. The Kier molecular flexibility index (Phi) is 5.10. The van der Waals surface area contributed by atoms with Gasteiger partial charge in [-0.15, -0.1) is 0 Å². The number of benzene rings is 2. The van der Waals surface area contributed by atoms with E-state index in [4.69, 9.17) is 0 Å². The minimum Gasteiger partial charge on any atom is -0.393 e. The highest BCUT2D eigenvalue weighted by atomic mass is 16.3. The number of hydrogen-bond acceptors (Lipinski definition) is 3. The second-order valence-corrected chi connectivity index (χ2v) is 10.3. The van der Waals surface area contributed by atoms with Crippen LogP contribution in [0.2, 0.25) is 0 Å². The highest BCUT2D eigenvalue weighted by molar-refractivity contribution is 5.65. The third kappa shape index (κ3) is 3.59. The monoisotopic (exact) mass is 436 g/mol. The number of aryl methyl sites for hydroxylation is 2. The average Bonchev–Trinajstić information content (AvgIpc) is 3.21. The number of nitrogens with zero attached hydrogens (tertiary/aromatic N) is 1. The molecule has 0 saturated heterocycles. The summed E-state index contributed by atoms with van der Waals surface area (Å²) < 4.78 is 0. The molecule has 0 aliphatic heterocycles. The Morgan fingerprint density at radius 2 is 1.97 bits per heavy atom. The number of hydrogen-bond donors (Lipinski definition) is 2. The fraction of sp³-hybridized carbons (Fsp3) is 0.367. The molecule has 3 aromatic rings. The molecule has 33 heavy (non-hydrogen) atoms. The van der Waals surface area contributed by atoms with Gasteiger partial charge in [0, 0.05) is 17.3 Å². The molecule has 0 radical (unpaired) electrons. The third-order valence-corrected chi connectivity index (χ3v) is 8.32. The largest absolute Gasteiger partial charge is 0.393 e. The predicted octanol–water partition coefficient (Wildman–Crippen LogP) is 6.42. The van der Waals surface area contributed by atoms with E-state index in [2.05, 4.69) is 65.8 Å². The lowest BCUT2D eigenvalue weighted by Crippen LogP contribution is -2.40. The summed E-state index contributed by atoms with van der Waals surface area (Å²) in [5, 5.41) is 14.1. The molecular weight excluding hydrogens is 404 g/mol. The first kappa shape index (κ1) is 20.7. The van der Waals surface area contributed by atoms with Crippen molar-refractivity contribution in [2.45, 2.75) is 63.4 Å². The van der Waals surface area contributed by atoms with Crippen molar-refractivity contribution in [1.82, 2.24) is 4.98 Å². The molecular formula is C30H32N2O. The molecule has 0 spiro atoms. The number of fused-ring (bicyclic) bond motifs is 4. The fourth-order valence-electron chi connectivity index (χ4n) is 6.80. The van der Waals surface area contributed by atoms with Crippen LogP contribution in [0.25, 0.3) is 0 Å². The summed E-state index contributed by atoms with van der Waals surface area (Å²) in [5.41, 5.74) is 11.1. The summed E-state index contributed by atoms with van der Waals surface area (Å²) in [7, 11) is 0. The quantitative estimate of drug-likeness (QED) is 0.464. The molecule has 2 aromatic carbocycles. The zero-order valence-electron chi connectivity index (χ0n) is 19.3. The van der Waals surface area contributed by atoms with Crippen molar-refractivity contribution in [2.75, 3.05) is 5.32 Å². The molecule has 3 unspecified atom stereocenters. The van der Waals surface area contributed by atoms with Crippen LogP contribution < -0.4 is 5.32 Å². The molecule has 3 nitrogen and oxygen atoms in total. The van der Waals surface area contributed by atoms with Crippen LogP contribution in [-0.4, -0.2) is 16.2 Å². The van der Waals surface area contributed by atoms with E-state index in [1.54, 1.807) is 11.1 Å². The number of nitrogens with one attached hydrogen (secondary N) is 1. The van der Waals surface area contributed by atoms with Gasteiger partial charge in [0.15, 0.2) is 0 Å². The molecule has 168 valence electrons. The Morgan fingerprint density at radius 1 is 1.09 bits per heavy atom. The van der Waals surface area contributed by atoms with E-state index in [0.717, 1.165) is 43.5 Å². The van der Waals surface area contributed by atoms with E-state index >= 15 is 0 Å². The van der Waals surface area contributed by atoms with Crippen LogP contribution >= 0.6 is 0 Å². The zero-order valence-corrected chi connectivity index (χ0v) is 19.3. The van der Waals surface area contributed by atoms with Crippen molar-refractivity contribution in [3.8, 4) is 0 Å². The van der Waals surface area contributed by atoms with Crippen molar-refractivity contribution in [3.63, 3.8) is 0 Å². The van der Waals surface area contributed by atoms with Crippen LogP contribution in [0.4, 0.5) is 11.4 Å². The summed E-state index contributed by atoms with van der Waals surface area (Å²) in [4.78, 5) is 4.29. The SMILES string of the molecule is Cc1ccncc1Nc1ccc2c(c1)CCC1=C3CC(O)CC3CCC12Cc1ccccc1. The first-order chi connectivity index (χ1) is 16.1. The molecule has 3 aliphatic carbocycles. The Hall–Kier alpha value is -2.91. The predicted molar refractivity (Wildman–Crippen MR) is 134 cm³/mol. The van der Waals surface area contributed by atoms with Crippen molar-refractivity contribution < 1.29 is 5.11 Å². The van der Waals surface area contributed by atoms with Gasteiger partial charge in [0.05, 0.1) is 18.0 Å². The molecule has 1 fully saturated rings. The summed E-state index contributed by atoms with van der Waals surface area (Å²) in [6.07, 6.45) is 11.1. The van der Waals surface area contributed by atoms with Crippen LogP contribution in [0.15, 0.2) is 78.1 Å². The van der Waals surface area contributed by atoms with E-state index in [1.165, 1.54) is 35.1 Å². The lowest BCUT2D eigenvalue weighted by Gasteiger charge is -2.47. The smallest absolute Gasteiger partial charge is 0.0600 e. The number of allylic oxidation sites excluding steroid dienone is 1. The minimum absolute atomic E-state index is 0.0631. The number of pyridine rings is 1. The normalized spacial score (nSPS) is 25.9. The molecule has 0 bridgehead atoms. The van der Waals surface area contributed by atoms with Crippen molar-refractivity contribution in [2.24, 2.45) is 5.92 Å². The van der Waals surface area contributed by atoms with Gasteiger partial charge in [-0.3, -0.25) is 4.98 Å². The number of rotatable bonds is 4. The summed E-state index contributed by atoms with van der Waals surface area (Å²) in [6.45, 7) is 2.12. The van der Waals surface area contributed by atoms with Crippen LogP contribution in [0.1, 0.15) is 54.4 Å². The van der Waals surface area contributed by atoms with Crippen LogP contribution in [-0.2, 0) is 18.3 Å². The molecule has 6 rings (SSSR count). The summed E-state index contributed by atoms with van der Waals surface area (Å²) in [6, 6.07) is 20.0. The van der Waals surface area contributed by atoms with Crippen molar-refractivity contribution in [1.29, 1.82) is 0 Å². The van der Waals surface area contributed by atoms with Crippen molar-refractivity contribution >= 4 is 11.4 Å². The molecule has 3 atom stereocenters. The number of aromatic nitrogens is 1. The zero-order chi connectivity index (χ0) is 22.4. The van der Waals surface area contributed by atoms with Crippen LogP contribution in [0, 0.1) is 12.8 Å². The number of aliphatic hydroxyl groups excluding tert-OH is 1. The van der Waals surface area contributed by atoms with Crippen molar-refractivity contribution in [3.05, 3.63) is 100 Å². The van der Waals surface area contributed by atoms with Gasteiger partial charge >= 0.3 is 0 Å². The third-order valence-electron chi connectivity index (χ3n) is 8.32. The van der Waals surface area contributed by atoms with Gasteiger partial charge in [-0.1, -0.05) is 47.5 Å². The van der Waals surface area contributed by atoms with E-state index in [-0.39, 0.29) is 11.5 Å². The van der Waals surface area contributed by atoms with Gasteiger partial charge < -0.3 is 10.4 Å². The van der Waals surface area contributed by atoms with E-state index < -0.39 is 0 Å². The summed E-state index contributed by atoms with van der Waals surface area (Å²) in [5.74, 6) is 0.593. The van der Waals surface area contributed by atoms with Crippen LogP contribution in [0.3, 0.4) is 0 Å². The molecule has 3 aliphatic rings. The Morgan fingerprint density at radius 3 is 2.82 bits per heavy atom. The molecule has 3 heteroatoms. The standard InChI is InChI=1S/C30H32N2O/c1-20-12-14-31-19-29(20)32-24-8-10-27-23(15-24)7-9-28-26-17-25(33)16-22(26)11-13-30(27,28)18-21-5-3-2-4-6-21/h2-6,8,10,12,14-15,19,22,25,32-33H,7,9,11,13,16-18H2,1H3. The average molecular weight is 437 g/mol. The maximum absolute atomic E-state index is 10.5. The summed E-state index contributed by atoms with van der Waals surface area (Å²) >= 11 is 0. The molecule has 1 saturated carbocycles. The first-order valence-electron chi connectivity index (χ1n) is 12.4. The van der Waals surface area contributed by atoms with Gasteiger partial charge in [-0.05, 0) is 98.2 Å². The highest BCUT2D eigenvalue weighted by Crippen LogP contribution is 2.56. The van der Waals surface area contributed by atoms with Crippen LogP contribution in [0.5, 0.6) is 0 Å². The van der Waals surface area contributed by atoms with Gasteiger partial charge in [-0.2, -0.15) is 0 Å². The Labute approximate surface area is 196 Å². The lowest BCUT2D eigenvalue weighted by atomic mass is 9.56. The first-order valence-corrected chi connectivity index (χ1v) is 12.4. The van der Waals surface area contributed by atoms with Gasteiger partial charge in [0.25, 0.3) is 0 Å². The van der Waals surface area contributed by atoms with Gasteiger partial charge in [0.1, 0.15) is 0 Å². The second kappa shape index (κ2) is 8.14. The molecule has 1 heterocycles. The van der Waals surface area contributed by atoms with Gasteiger partial charge in [-0.25, -0.2) is 0 Å². The molecule has 0 amide bonds. The molecule has 2 N–H and O–H groups in total. The Balaban J connectivity index is 1.44. The highest BCUT2D eigenvalue weighted by Gasteiger charge is 2.47. The maximum Gasteiger partial charge on any atom is 0.0600 e. The minimum atomic E-state index is -0.152. The number of aliphatic hydroxyl groups is 1.